The molecule has 2 rings (SSSR count). The van der Waals surface area contributed by atoms with E-state index in [1.807, 2.05) is 12.1 Å². The highest BCUT2D eigenvalue weighted by Crippen LogP contribution is 2.22. The van der Waals surface area contributed by atoms with Crippen LogP contribution in [0, 0.1) is 0 Å². The summed E-state index contributed by atoms with van der Waals surface area (Å²) in [6.45, 7) is 6.37. The van der Waals surface area contributed by atoms with E-state index in [1.165, 1.54) is 18.4 Å². The molecule has 0 radical (unpaired) electrons. The average molecular weight is 251 g/mol. The van der Waals surface area contributed by atoms with E-state index in [1.54, 1.807) is 0 Å². The summed E-state index contributed by atoms with van der Waals surface area (Å²) in [6, 6.07) is 8.29. The lowest BCUT2D eigenvalue weighted by atomic mass is 9.99. The van der Waals surface area contributed by atoms with Gasteiger partial charge in [0.1, 0.15) is 11.0 Å². The first-order valence-corrected chi connectivity index (χ1v) is 7.60. The monoisotopic (exact) mass is 251 g/mol. The Morgan fingerprint density at radius 2 is 1.82 bits per heavy atom. The van der Waals surface area contributed by atoms with Gasteiger partial charge in [-0.3, -0.25) is 0 Å². The van der Waals surface area contributed by atoms with Gasteiger partial charge in [0.15, 0.2) is 0 Å². The third kappa shape index (κ3) is 2.96. The predicted molar refractivity (Wildman–Crippen MR) is 72.4 cm³/mol. The van der Waals surface area contributed by atoms with Crippen LogP contribution in [0.5, 0.6) is 0 Å². The van der Waals surface area contributed by atoms with Crippen LogP contribution in [-0.4, -0.2) is 21.6 Å². The van der Waals surface area contributed by atoms with Crippen molar-refractivity contribution < 1.29 is 4.21 Å². The molecule has 0 bridgehead atoms. The zero-order valence-corrected chi connectivity index (χ0v) is 11.5. The van der Waals surface area contributed by atoms with Crippen molar-refractivity contribution in [3.05, 3.63) is 29.8 Å². The quantitative estimate of drug-likeness (QED) is 0.804. The van der Waals surface area contributed by atoms with Crippen molar-refractivity contribution in [2.75, 3.05) is 13.1 Å². The van der Waals surface area contributed by atoms with Crippen LogP contribution >= 0.6 is 0 Å². The molecule has 1 aliphatic heterocycles. The van der Waals surface area contributed by atoms with Gasteiger partial charge in [-0.25, -0.2) is 8.51 Å². The maximum atomic E-state index is 12.2. The molecule has 1 saturated heterocycles. The second kappa shape index (κ2) is 5.78. The van der Waals surface area contributed by atoms with E-state index in [0.29, 0.717) is 5.92 Å². The number of hydrogen-bond donors (Lipinski definition) is 0. The molecule has 0 spiro atoms. The Morgan fingerprint density at radius 3 is 2.35 bits per heavy atom. The highest BCUT2D eigenvalue weighted by molar-refractivity contribution is 7.82. The first-order valence-electron chi connectivity index (χ1n) is 6.49. The SMILES string of the molecule is CCC(C)c1ccc(S(=O)N2CCCC2)cc1. The first-order chi connectivity index (χ1) is 8.22. The van der Waals surface area contributed by atoms with E-state index in [0.717, 1.165) is 24.4 Å². The van der Waals surface area contributed by atoms with Crippen LogP contribution in [-0.2, 0) is 11.0 Å². The second-order valence-electron chi connectivity index (χ2n) is 4.76. The Hall–Kier alpha value is -0.670. The van der Waals surface area contributed by atoms with Gasteiger partial charge in [0, 0.05) is 13.1 Å². The van der Waals surface area contributed by atoms with E-state index in [9.17, 15) is 4.21 Å². The molecule has 0 saturated carbocycles. The normalized spacial score (nSPS) is 20.4. The number of benzene rings is 1. The minimum atomic E-state index is -0.949. The lowest BCUT2D eigenvalue weighted by Crippen LogP contribution is -2.22. The molecule has 17 heavy (non-hydrogen) atoms. The van der Waals surface area contributed by atoms with Crippen molar-refractivity contribution in [2.24, 2.45) is 0 Å². The number of nitrogens with zero attached hydrogens (tertiary/aromatic N) is 1. The van der Waals surface area contributed by atoms with Gasteiger partial charge in [-0.05, 0) is 42.9 Å². The molecular formula is C14H21NOS. The van der Waals surface area contributed by atoms with Crippen LogP contribution in [0.25, 0.3) is 0 Å². The molecule has 1 fully saturated rings. The summed E-state index contributed by atoms with van der Waals surface area (Å²) in [4.78, 5) is 0.943. The fraction of sp³-hybridized carbons (Fsp3) is 0.571. The topological polar surface area (TPSA) is 20.3 Å². The minimum absolute atomic E-state index is 0.587. The van der Waals surface area contributed by atoms with Crippen LogP contribution in [0.4, 0.5) is 0 Å². The molecule has 3 heteroatoms. The third-order valence-electron chi connectivity index (χ3n) is 3.56. The molecule has 94 valence electrons. The van der Waals surface area contributed by atoms with Crippen LogP contribution in [0.15, 0.2) is 29.2 Å². The second-order valence-corrected chi connectivity index (χ2v) is 6.25. The molecule has 2 unspecified atom stereocenters. The highest BCUT2D eigenvalue weighted by Gasteiger charge is 2.19. The smallest absolute Gasteiger partial charge is 0.127 e. The number of hydrogen-bond acceptors (Lipinski definition) is 1. The van der Waals surface area contributed by atoms with Crippen molar-refractivity contribution in [3.63, 3.8) is 0 Å². The van der Waals surface area contributed by atoms with E-state index < -0.39 is 11.0 Å². The summed E-state index contributed by atoms with van der Waals surface area (Å²) in [6.07, 6.45) is 3.50. The fourth-order valence-corrected chi connectivity index (χ4v) is 3.41. The molecule has 1 aliphatic rings. The van der Waals surface area contributed by atoms with Gasteiger partial charge in [-0.2, -0.15) is 0 Å². The fourth-order valence-electron chi connectivity index (χ4n) is 2.15. The summed E-state index contributed by atoms with van der Waals surface area (Å²) >= 11 is 0. The Labute approximate surface area is 107 Å². The molecular weight excluding hydrogens is 230 g/mol. The van der Waals surface area contributed by atoms with Gasteiger partial charge in [0.25, 0.3) is 0 Å². The Balaban J connectivity index is 2.09. The van der Waals surface area contributed by atoms with Crippen molar-refractivity contribution in [3.8, 4) is 0 Å². The number of rotatable bonds is 4. The van der Waals surface area contributed by atoms with E-state index in [4.69, 9.17) is 0 Å². The maximum Gasteiger partial charge on any atom is 0.127 e. The third-order valence-corrected chi connectivity index (χ3v) is 5.07. The van der Waals surface area contributed by atoms with Crippen LogP contribution in [0.3, 0.4) is 0 Å². The molecule has 1 aromatic rings. The van der Waals surface area contributed by atoms with E-state index >= 15 is 0 Å². The first kappa shape index (κ1) is 12.8. The summed E-state index contributed by atoms with van der Waals surface area (Å²) in [5.74, 6) is 0.587. The van der Waals surface area contributed by atoms with Crippen molar-refractivity contribution in [2.45, 2.75) is 43.9 Å². The van der Waals surface area contributed by atoms with E-state index in [2.05, 4.69) is 30.3 Å². The zero-order valence-electron chi connectivity index (χ0n) is 10.7. The maximum absolute atomic E-state index is 12.2. The predicted octanol–water partition coefficient (Wildman–Crippen LogP) is 3.32. The average Bonchev–Trinajstić information content (AvgIpc) is 2.91. The lowest BCUT2D eigenvalue weighted by Gasteiger charge is -2.14. The van der Waals surface area contributed by atoms with Crippen molar-refractivity contribution in [1.82, 2.24) is 4.31 Å². The van der Waals surface area contributed by atoms with Gasteiger partial charge in [-0.1, -0.05) is 26.0 Å². The van der Waals surface area contributed by atoms with E-state index in [-0.39, 0.29) is 0 Å². The highest BCUT2D eigenvalue weighted by atomic mass is 32.2. The molecule has 2 nitrogen and oxygen atoms in total. The summed E-state index contributed by atoms with van der Waals surface area (Å²) in [7, 11) is -0.949. The Bertz CT molecular complexity index is 382. The van der Waals surface area contributed by atoms with Crippen LogP contribution < -0.4 is 0 Å². The summed E-state index contributed by atoms with van der Waals surface area (Å²) in [5, 5.41) is 0. The van der Waals surface area contributed by atoms with Crippen molar-refractivity contribution >= 4 is 11.0 Å². The molecule has 1 aromatic carbocycles. The minimum Gasteiger partial charge on any atom is -0.237 e. The van der Waals surface area contributed by atoms with Gasteiger partial charge >= 0.3 is 0 Å². The lowest BCUT2D eigenvalue weighted by molar-refractivity contribution is 0.536. The van der Waals surface area contributed by atoms with Gasteiger partial charge in [-0.15, -0.1) is 0 Å². The molecule has 0 aliphatic carbocycles. The standard InChI is InChI=1S/C14H21NOS/c1-3-12(2)13-6-8-14(9-7-13)17(16)15-10-4-5-11-15/h6-9,12H,3-5,10-11H2,1-2H3. The molecule has 2 atom stereocenters. The molecule has 0 amide bonds. The summed E-state index contributed by atoms with van der Waals surface area (Å²) < 4.78 is 14.3. The molecule has 0 aromatic heterocycles. The molecule has 0 N–H and O–H groups in total. The zero-order chi connectivity index (χ0) is 12.3. The van der Waals surface area contributed by atoms with Gasteiger partial charge < -0.3 is 0 Å². The van der Waals surface area contributed by atoms with Crippen LogP contribution in [0.1, 0.15) is 44.6 Å². The largest absolute Gasteiger partial charge is 0.237 e. The molecule has 1 heterocycles. The van der Waals surface area contributed by atoms with Gasteiger partial charge in [0.2, 0.25) is 0 Å². The Kier molecular flexibility index (Phi) is 4.35. The Morgan fingerprint density at radius 1 is 1.24 bits per heavy atom. The summed E-state index contributed by atoms with van der Waals surface area (Å²) in [5.41, 5.74) is 1.34. The van der Waals surface area contributed by atoms with Crippen LogP contribution in [0.2, 0.25) is 0 Å². The van der Waals surface area contributed by atoms with Gasteiger partial charge in [0.05, 0.1) is 4.90 Å². The van der Waals surface area contributed by atoms with Crippen molar-refractivity contribution in [1.29, 1.82) is 0 Å².